The zero-order chi connectivity index (χ0) is 13.1. The number of likely N-dealkylation sites (tertiary alicyclic amines) is 1. The van der Waals surface area contributed by atoms with Gasteiger partial charge in [-0.05, 0) is 34.5 Å². The van der Waals surface area contributed by atoms with Crippen LogP contribution < -0.4 is 0 Å². The molecule has 98 valence electrons. The summed E-state index contributed by atoms with van der Waals surface area (Å²) in [7, 11) is 1.69. The van der Waals surface area contributed by atoms with Crippen LogP contribution in [0.25, 0.3) is 0 Å². The average Bonchev–Trinajstić information content (AvgIpc) is 2.81. The van der Waals surface area contributed by atoms with Gasteiger partial charge in [-0.2, -0.15) is 0 Å². The summed E-state index contributed by atoms with van der Waals surface area (Å²) in [5, 5.41) is 0.484. The molecule has 1 atom stereocenters. The maximum absolute atomic E-state index is 12.3. The lowest BCUT2D eigenvalue weighted by molar-refractivity contribution is 0.0775. The van der Waals surface area contributed by atoms with Gasteiger partial charge >= 0.3 is 0 Å². The zero-order valence-electron chi connectivity index (χ0n) is 10.2. The normalized spacial score (nSPS) is 19.3. The minimum absolute atomic E-state index is 0.0000898. The molecule has 5 heteroatoms. The summed E-state index contributed by atoms with van der Waals surface area (Å²) < 4.78 is 5.88. The summed E-state index contributed by atoms with van der Waals surface area (Å²) in [5.74, 6) is 0.435. The van der Waals surface area contributed by atoms with E-state index in [4.69, 9.17) is 16.3 Å². The second kappa shape index (κ2) is 6.04. The van der Waals surface area contributed by atoms with E-state index in [1.165, 1.54) is 0 Å². The number of carbonyl (C=O) groups is 1. The molecule has 1 saturated heterocycles. The monoisotopic (exact) mass is 331 g/mol. The third-order valence-corrected chi connectivity index (χ3v) is 4.45. The van der Waals surface area contributed by atoms with Crippen molar-refractivity contribution in [2.75, 3.05) is 26.8 Å². The average molecular weight is 333 g/mol. The molecule has 1 aliphatic rings. The molecule has 1 aromatic carbocycles. The Kier molecular flexibility index (Phi) is 4.65. The first-order chi connectivity index (χ1) is 8.63. The Morgan fingerprint density at radius 2 is 2.39 bits per heavy atom. The van der Waals surface area contributed by atoms with E-state index in [1.807, 2.05) is 17.0 Å². The van der Waals surface area contributed by atoms with Crippen LogP contribution in [0, 0.1) is 5.92 Å². The largest absolute Gasteiger partial charge is 0.384 e. The minimum atomic E-state index is -0.0000898. The molecule has 1 aromatic rings. The number of amides is 1. The fourth-order valence-electron chi connectivity index (χ4n) is 2.23. The molecule has 0 saturated carbocycles. The quantitative estimate of drug-likeness (QED) is 0.850. The summed E-state index contributed by atoms with van der Waals surface area (Å²) in [6.07, 6.45) is 0.991. The predicted octanol–water partition coefficient (Wildman–Crippen LogP) is 3.21. The van der Waals surface area contributed by atoms with Crippen molar-refractivity contribution in [1.29, 1.82) is 0 Å². The van der Waals surface area contributed by atoms with E-state index >= 15 is 0 Å². The third-order valence-electron chi connectivity index (χ3n) is 3.16. The second-order valence-corrected chi connectivity index (χ2v) is 5.69. The first kappa shape index (κ1) is 13.8. The molecule has 0 aromatic heterocycles. The van der Waals surface area contributed by atoms with Crippen molar-refractivity contribution < 1.29 is 9.53 Å². The predicted molar refractivity (Wildman–Crippen MR) is 75.0 cm³/mol. The summed E-state index contributed by atoms with van der Waals surface area (Å²) in [6.45, 7) is 2.22. The van der Waals surface area contributed by atoms with E-state index in [-0.39, 0.29) is 5.91 Å². The molecular weight excluding hydrogens is 318 g/mol. The van der Waals surface area contributed by atoms with Gasteiger partial charge in [-0.3, -0.25) is 4.79 Å². The van der Waals surface area contributed by atoms with E-state index in [0.717, 1.165) is 24.0 Å². The first-order valence-electron chi connectivity index (χ1n) is 5.85. The fraction of sp³-hybridized carbons (Fsp3) is 0.462. The number of methoxy groups -OCH3 is 1. The fourth-order valence-corrected chi connectivity index (χ4v) is 2.80. The highest BCUT2D eigenvalue weighted by atomic mass is 79.9. The van der Waals surface area contributed by atoms with Gasteiger partial charge in [-0.15, -0.1) is 0 Å². The number of carbonyl (C=O) groups excluding carboxylic acids is 1. The second-order valence-electron chi connectivity index (χ2n) is 4.46. The van der Waals surface area contributed by atoms with Gasteiger partial charge in [0.2, 0.25) is 0 Å². The topological polar surface area (TPSA) is 29.5 Å². The van der Waals surface area contributed by atoms with E-state index in [2.05, 4.69) is 15.9 Å². The molecule has 0 N–H and O–H groups in total. The number of ether oxygens (including phenoxy) is 1. The van der Waals surface area contributed by atoms with Crippen molar-refractivity contribution in [3.8, 4) is 0 Å². The van der Waals surface area contributed by atoms with Crippen LogP contribution in [0.4, 0.5) is 0 Å². The van der Waals surface area contributed by atoms with Gasteiger partial charge in [-0.1, -0.05) is 17.7 Å². The highest BCUT2D eigenvalue weighted by Crippen LogP contribution is 2.28. The number of hydrogen-bond donors (Lipinski definition) is 0. The molecule has 1 heterocycles. The number of benzene rings is 1. The van der Waals surface area contributed by atoms with E-state index in [9.17, 15) is 4.79 Å². The highest BCUT2D eigenvalue weighted by molar-refractivity contribution is 9.10. The Morgan fingerprint density at radius 3 is 3.11 bits per heavy atom. The highest BCUT2D eigenvalue weighted by Gasteiger charge is 2.28. The summed E-state index contributed by atoms with van der Waals surface area (Å²) >= 11 is 9.48. The Bertz CT molecular complexity index is 453. The molecule has 1 unspecified atom stereocenters. The van der Waals surface area contributed by atoms with Gasteiger partial charge in [0, 0.05) is 30.6 Å². The number of halogens is 2. The van der Waals surface area contributed by atoms with Crippen LogP contribution in [0.15, 0.2) is 22.7 Å². The molecule has 0 aliphatic carbocycles. The van der Waals surface area contributed by atoms with Crippen molar-refractivity contribution in [3.05, 3.63) is 33.3 Å². The van der Waals surface area contributed by atoms with Gasteiger partial charge in [0.25, 0.3) is 5.91 Å². The molecular formula is C13H15BrClNO2. The van der Waals surface area contributed by atoms with Crippen molar-refractivity contribution >= 4 is 33.4 Å². The Morgan fingerprint density at radius 1 is 1.61 bits per heavy atom. The van der Waals surface area contributed by atoms with Crippen LogP contribution in [-0.4, -0.2) is 37.6 Å². The third kappa shape index (κ3) is 2.87. The van der Waals surface area contributed by atoms with Crippen LogP contribution in [0.1, 0.15) is 16.8 Å². The standard InChI is InChI=1S/C13H15BrClNO2/c1-18-8-9-5-6-16(7-9)13(17)10-3-2-4-11(14)12(10)15/h2-4,9H,5-8H2,1H3. The van der Waals surface area contributed by atoms with E-state index in [0.29, 0.717) is 23.1 Å². The molecule has 1 amide bonds. The van der Waals surface area contributed by atoms with E-state index in [1.54, 1.807) is 13.2 Å². The van der Waals surface area contributed by atoms with E-state index < -0.39 is 0 Å². The Balaban J connectivity index is 2.11. The molecule has 18 heavy (non-hydrogen) atoms. The summed E-state index contributed by atoms with van der Waals surface area (Å²) in [5.41, 5.74) is 0.559. The van der Waals surface area contributed by atoms with Crippen LogP contribution in [0.3, 0.4) is 0 Å². The van der Waals surface area contributed by atoms with Gasteiger partial charge in [0.1, 0.15) is 0 Å². The zero-order valence-corrected chi connectivity index (χ0v) is 12.5. The maximum Gasteiger partial charge on any atom is 0.255 e. The summed E-state index contributed by atoms with van der Waals surface area (Å²) in [4.78, 5) is 14.2. The van der Waals surface area contributed by atoms with Gasteiger partial charge in [0.05, 0.1) is 17.2 Å². The van der Waals surface area contributed by atoms with Crippen molar-refractivity contribution in [2.24, 2.45) is 5.92 Å². The lowest BCUT2D eigenvalue weighted by atomic mass is 10.1. The van der Waals surface area contributed by atoms with Crippen LogP contribution in [0.5, 0.6) is 0 Å². The van der Waals surface area contributed by atoms with Crippen molar-refractivity contribution in [3.63, 3.8) is 0 Å². The minimum Gasteiger partial charge on any atom is -0.384 e. The SMILES string of the molecule is COCC1CCN(C(=O)c2cccc(Br)c2Cl)C1. The van der Waals surface area contributed by atoms with Crippen LogP contribution in [-0.2, 0) is 4.74 Å². The molecule has 0 spiro atoms. The number of nitrogens with zero attached hydrogens (tertiary/aromatic N) is 1. The van der Waals surface area contributed by atoms with Gasteiger partial charge < -0.3 is 9.64 Å². The van der Waals surface area contributed by atoms with Crippen LogP contribution >= 0.6 is 27.5 Å². The number of rotatable bonds is 3. The van der Waals surface area contributed by atoms with Crippen molar-refractivity contribution in [2.45, 2.75) is 6.42 Å². The van der Waals surface area contributed by atoms with Gasteiger partial charge in [-0.25, -0.2) is 0 Å². The van der Waals surface area contributed by atoms with Crippen molar-refractivity contribution in [1.82, 2.24) is 4.90 Å². The number of hydrogen-bond acceptors (Lipinski definition) is 2. The Hall–Kier alpha value is -0.580. The molecule has 1 aliphatic heterocycles. The first-order valence-corrected chi connectivity index (χ1v) is 7.02. The lowest BCUT2D eigenvalue weighted by Crippen LogP contribution is -2.29. The molecule has 3 nitrogen and oxygen atoms in total. The van der Waals surface area contributed by atoms with Gasteiger partial charge in [0.15, 0.2) is 0 Å². The summed E-state index contributed by atoms with van der Waals surface area (Å²) in [6, 6.07) is 5.42. The lowest BCUT2D eigenvalue weighted by Gasteiger charge is -2.17. The molecule has 0 bridgehead atoms. The smallest absolute Gasteiger partial charge is 0.255 e. The maximum atomic E-state index is 12.3. The Labute approximate surface area is 120 Å². The molecule has 1 fully saturated rings. The molecule has 2 rings (SSSR count). The molecule has 0 radical (unpaired) electrons. The van der Waals surface area contributed by atoms with Crippen LogP contribution in [0.2, 0.25) is 5.02 Å².